The molecule has 0 bridgehead atoms. The summed E-state index contributed by atoms with van der Waals surface area (Å²) in [6.07, 6.45) is 0.116. The molecule has 2 heterocycles. The number of rotatable bonds is 5. The number of nitrogens with one attached hydrogen (secondary N) is 1. The van der Waals surface area contributed by atoms with Gasteiger partial charge in [0.25, 0.3) is 0 Å². The largest absolute Gasteiger partial charge is 0.454 e. The molecule has 9 nitrogen and oxygen atoms in total. The molecule has 1 atom stereocenters. The highest BCUT2D eigenvalue weighted by Gasteiger charge is 2.35. The van der Waals surface area contributed by atoms with Crippen molar-refractivity contribution in [2.75, 3.05) is 18.2 Å². The Morgan fingerprint density at radius 3 is 2.59 bits per heavy atom. The number of primary sulfonamides is 1. The minimum absolute atomic E-state index is 0.00772. The van der Waals surface area contributed by atoms with Crippen LogP contribution in [0.15, 0.2) is 47.4 Å². The zero-order valence-corrected chi connectivity index (χ0v) is 16.1. The minimum atomic E-state index is -3.75. The van der Waals surface area contributed by atoms with E-state index >= 15 is 0 Å². The lowest BCUT2D eigenvalue weighted by atomic mass is 10.1. The van der Waals surface area contributed by atoms with Gasteiger partial charge in [-0.05, 0) is 29.8 Å². The number of benzene rings is 2. The molecule has 2 aliphatic rings. The van der Waals surface area contributed by atoms with Crippen LogP contribution in [0.1, 0.15) is 12.0 Å². The lowest BCUT2D eigenvalue weighted by molar-refractivity contribution is -0.126. The molecule has 1 saturated heterocycles. The van der Waals surface area contributed by atoms with Gasteiger partial charge in [-0.15, -0.1) is 0 Å². The smallest absolute Gasteiger partial charge is 0.238 e. The van der Waals surface area contributed by atoms with Crippen LogP contribution in [0, 0.1) is 5.92 Å². The summed E-state index contributed by atoms with van der Waals surface area (Å²) in [5.74, 6) is 0.351. The van der Waals surface area contributed by atoms with Crippen molar-refractivity contribution in [2.45, 2.75) is 17.9 Å². The van der Waals surface area contributed by atoms with Crippen LogP contribution in [0.5, 0.6) is 11.5 Å². The van der Waals surface area contributed by atoms with Gasteiger partial charge < -0.3 is 19.7 Å². The molecule has 0 aromatic heterocycles. The third-order valence-corrected chi connectivity index (χ3v) is 5.81. The molecule has 1 fully saturated rings. The first kappa shape index (κ1) is 19.2. The topological polar surface area (TPSA) is 128 Å². The van der Waals surface area contributed by atoms with E-state index in [-0.39, 0.29) is 43.0 Å². The van der Waals surface area contributed by atoms with E-state index in [2.05, 4.69) is 5.32 Å². The number of hydrogen-bond donors (Lipinski definition) is 2. The quantitative estimate of drug-likeness (QED) is 0.738. The average Bonchev–Trinajstić information content (AvgIpc) is 3.31. The van der Waals surface area contributed by atoms with Crippen molar-refractivity contribution in [1.82, 2.24) is 5.32 Å². The van der Waals surface area contributed by atoms with Gasteiger partial charge in [0.2, 0.25) is 28.6 Å². The van der Waals surface area contributed by atoms with E-state index in [1.807, 2.05) is 0 Å². The number of hydrogen-bond acceptors (Lipinski definition) is 6. The average molecular weight is 417 g/mol. The van der Waals surface area contributed by atoms with Gasteiger partial charge in [-0.25, -0.2) is 13.6 Å². The molecule has 0 aliphatic carbocycles. The molecule has 3 N–H and O–H groups in total. The van der Waals surface area contributed by atoms with Crippen LogP contribution in [0.4, 0.5) is 5.69 Å². The first-order valence-corrected chi connectivity index (χ1v) is 10.5. The molecule has 2 aromatic rings. The first-order chi connectivity index (χ1) is 13.8. The van der Waals surface area contributed by atoms with Crippen LogP contribution in [-0.4, -0.2) is 33.6 Å². The zero-order valence-electron chi connectivity index (χ0n) is 15.3. The van der Waals surface area contributed by atoms with E-state index < -0.39 is 15.9 Å². The van der Waals surface area contributed by atoms with Crippen LogP contribution in [-0.2, 0) is 26.2 Å². The van der Waals surface area contributed by atoms with E-state index in [0.717, 1.165) is 5.56 Å². The second-order valence-corrected chi connectivity index (χ2v) is 8.41. The van der Waals surface area contributed by atoms with Crippen molar-refractivity contribution >= 4 is 27.5 Å². The van der Waals surface area contributed by atoms with E-state index in [1.54, 1.807) is 35.2 Å². The molecule has 0 spiro atoms. The maximum atomic E-state index is 12.5. The molecule has 4 rings (SSSR count). The van der Waals surface area contributed by atoms with Crippen molar-refractivity contribution in [2.24, 2.45) is 11.1 Å². The number of fused-ring (bicyclic) bond motifs is 1. The number of anilines is 1. The van der Waals surface area contributed by atoms with Crippen molar-refractivity contribution in [3.8, 4) is 11.5 Å². The lowest BCUT2D eigenvalue weighted by Crippen LogP contribution is -2.32. The van der Waals surface area contributed by atoms with Gasteiger partial charge in [-0.2, -0.15) is 0 Å². The Morgan fingerprint density at radius 1 is 1.14 bits per heavy atom. The van der Waals surface area contributed by atoms with Gasteiger partial charge in [-0.1, -0.05) is 12.1 Å². The summed E-state index contributed by atoms with van der Waals surface area (Å²) in [5, 5.41) is 7.86. The van der Waals surface area contributed by atoms with Crippen molar-refractivity contribution < 1.29 is 27.5 Å². The normalized spacial score (nSPS) is 18.2. The Labute approximate surface area is 167 Å². The molecular formula is C19H19N3O6S. The maximum Gasteiger partial charge on any atom is 0.238 e. The summed E-state index contributed by atoms with van der Waals surface area (Å²) >= 11 is 0. The van der Waals surface area contributed by atoms with Crippen molar-refractivity contribution in [3.63, 3.8) is 0 Å². The predicted molar refractivity (Wildman–Crippen MR) is 103 cm³/mol. The number of nitrogens with zero attached hydrogens (tertiary/aromatic N) is 1. The summed E-state index contributed by atoms with van der Waals surface area (Å²) in [7, 11) is -3.75. The highest BCUT2D eigenvalue weighted by atomic mass is 32.2. The third kappa shape index (κ3) is 4.03. The Hall–Kier alpha value is -3.11. The summed E-state index contributed by atoms with van der Waals surface area (Å²) in [6.45, 7) is 0.642. The van der Waals surface area contributed by atoms with Crippen LogP contribution < -0.4 is 24.8 Å². The molecule has 29 heavy (non-hydrogen) atoms. The van der Waals surface area contributed by atoms with Crippen LogP contribution in [0.2, 0.25) is 0 Å². The standard InChI is InChI=1S/C19H19N3O6S/c20-29(25,26)15-4-1-12(2-5-15)9-21-19(24)13-7-18(23)22(10-13)14-3-6-16-17(8-14)28-11-27-16/h1-6,8,13H,7,9-11H2,(H,21,24)(H2,20,25,26). The van der Waals surface area contributed by atoms with Gasteiger partial charge in [0.05, 0.1) is 10.8 Å². The van der Waals surface area contributed by atoms with Crippen LogP contribution in [0.3, 0.4) is 0 Å². The monoisotopic (exact) mass is 417 g/mol. The fourth-order valence-corrected chi connectivity index (χ4v) is 3.83. The van der Waals surface area contributed by atoms with Gasteiger partial charge in [0, 0.05) is 31.3 Å². The third-order valence-electron chi connectivity index (χ3n) is 4.88. The van der Waals surface area contributed by atoms with E-state index in [4.69, 9.17) is 14.6 Å². The van der Waals surface area contributed by atoms with Crippen molar-refractivity contribution in [3.05, 3.63) is 48.0 Å². The number of nitrogens with two attached hydrogens (primary N) is 1. The summed E-state index contributed by atoms with van der Waals surface area (Å²) in [5.41, 5.74) is 1.39. The number of carbonyl (C=O) groups is 2. The Balaban J connectivity index is 1.37. The fraction of sp³-hybridized carbons (Fsp3) is 0.263. The Morgan fingerprint density at radius 2 is 1.86 bits per heavy atom. The Bertz CT molecular complexity index is 1070. The fourth-order valence-electron chi connectivity index (χ4n) is 3.32. The van der Waals surface area contributed by atoms with Gasteiger partial charge >= 0.3 is 0 Å². The molecule has 0 radical (unpaired) electrons. The Kier molecular flexibility index (Phi) is 4.89. The summed E-state index contributed by atoms with van der Waals surface area (Å²) in [4.78, 5) is 26.5. The first-order valence-electron chi connectivity index (χ1n) is 8.91. The molecular weight excluding hydrogens is 398 g/mol. The SMILES string of the molecule is NS(=O)(=O)c1ccc(CNC(=O)C2CC(=O)N(c3ccc4c(c3)OCO4)C2)cc1. The highest BCUT2D eigenvalue weighted by molar-refractivity contribution is 7.89. The van der Waals surface area contributed by atoms with Crippen LogP contribution in [0.25, 0.3) is 0 Å². The lowest BCUT2D eigenvalue weighted by Gasteiger charge is -2.17. The highest BCUT2D eigenvalue weighted by Crippen LogP contribution is 2.37. The molecule has 2 amide bonds. The molecule has 2 aromatic carbocycles. The second-order valence-electron chi connectivity index (χ2n) is 6.85. The summed E-state index contributed by atoms with van der Waals surface area (Å²) < 4.78 is 33.2. The molecule has 152 valence electrons. The van der Waals surface area contributed by atoms with Gasteiger partial charge in [-0.3, -0.25) is 9.59 Å². The number of carbonyl (C=O) groups excluding carboxylic acids is 2. The van der Waals surface area contributed by atoms with E-state index in [9.17, 15) is 18.0 Å². The zero-order chi connectivity index (χ0) is 20.6. The summed E-state index contributed by atoms with van der Waals surface area (Å²) in [6, 6.07) is 11.2. The number of amides is 2. The molecule has 0 saturated carbocycles. The van der Waals surface area contributed by atoms with Gasteiger partial charge in [0.15, 0.2) is 11.5 Å². The number of sulfonamides is 1. The maximum absolute atomic E-state index is 12.5. The van der Waals surface area contributed by atoms with Gasteiger partial charge in [0.1, 0.15) is 0 Å². The van der Waals surface area contributed by atoms with E-state index in [0.29, 0.717) is 17.2 Å². The van der Waals surface area contributed by atoms with E-state index in [1.165, 1.54) is 12.1 Å². The van der Waals surface area contributed by atoms with Crippen LogP contribution >= 0.6 is 0 Å². The number of ether oxygens (including phenoxy) is 2. The predicted octanol–water partition coefficient (Wildman–Crippen LogP) is 0.732. The van der Waals surface area contributed by atoms with Crippen molar-refractivity contribution in [1.29, 1.82) is 0 Å². The minimum Gasteiger partial charge on any atom is -0.454 e. The molecule has 1 unspecified atom stereocenters. The molecule has 10 heteroatoms. The molecule has 2 aliphatic heterocycles. The second kappa shape index (κ2) is 7.37.